The van der Waals surface area contributed by atoms with E-state index in [9.17, 15) is 4.79 Å². The third-order valence-corrected chi connectivity index (χ3v) is 3.61. The van der Waals surface area contributed by atoms with Crippen LogP contribution in [0.4, 0.5) is 0 Å². The number of nitrogens with zero attached hydrogens (tertiary/aromatic N) is 1. The van der Waals surface area contributed by atoms with Gasteiger partial charge in [-0.1, -0.05) is 12.1 Å². The number of methoxy groups -OCH3 is 1. The Kier molecular flexibility index (Phi) is 4.80. The third-order valence-electron chi connectivity index (χ3n) is 3.61. The maximum atomic E-state index is 12.0. The Morgan fingerprint density at radius 1 is 1.32 bits per heavy atom. The quantitative estimate of drug-likeness (QED) is 0.893. The highest BCUT2D eigenvalue weighted by Gasteiger charge is 2.18. The van der Waals surface area contributed by atoms with Crippen molar-refractivity contribution in [3.05, 3.63) is 29.8 Å². The van der Waals surface area contributed by atoms with Gasteiger partial charge in [-0.2, -0.15) is 0 Å². The second kappa shape index (κ2) is 6.57. The monoisotopic (exact) mass is 262 g/mol. The molecule has 1 fully saturated rings. The van der Waals surface area contributed by atoms with Gasteiger partial charge in [-0.15, -0.1) is 0 Å². The molecule has 1 heterocycles. The van der Waals surface area contributed by atoms with Crippen LogP contribution in [0.25, 0.3) is 0 Å². The molecular weight excluding hydrogens is 240 g/mol. The first-order valence-electron chi connectivity index (χ1n) is 6.78. The number of carbonyl (C=O) groups excluding carboxylic acids is 1. The standard InChI is InChI=1S/C15H22N2O2/c1-17-9-7-13(8-10-17)16-15(18)11-12-3-5-14(19-2)6-4-12/h3-6,13H,7-11H2,1-2H3,(H,16,18). The van der Waals surface area contributed by atoms with Crippen molar-refractivity contribution in [1.29, 1.82) is 0 Å². The van der Waals surface area contributed by atoms with Gasteiger partial charge < -0.3 is 15.0 Å². The largest absolute Gasteiger partial charge is 0.497 e. The van der Waals surface area contributed by atoms with Crippen LogP contribution < -0.4 is 10.1 Å². The molecule has 0 bridgehead atoms. The summed E-state index contributed by atoms with van der Waals surface area (Å²) >= 11 is 0. The molecule has 0 atom stereocenters. The van der Waals surface area contributed by atoms with Gasteiger partial charge in [0, 0.05) is 6.04 Å². The van der Waals surface area contributed by atoms with E-state index < -0.39 is 0 Å². The zero-order valence-corrected chi connectivity index (χ0v) is 11.7. The molecule has 0 aromatic heterocycles. The van der Waals surface area contributed by atoms with Crippen LogP contribution in [0.15, 0.2) is 24.3 Å². The van der Waals surface area contributed by atoms with Crippen molar-refractivity contribution in [2.75, 3.05) is 27.2 Å². The van der Waals surface area contributed by atoms with E-state index in [-0.39, 0.29) is 5.91 Å². The summed E-state index contributed by atoms with van der Waals surface area (Å²) in [5.74, 6) is 0.930. The lowest BCUT2D eigenvalue weighted by Gasteiger charge is -2.29. The number of hydrogen-bond acceptors (Lipinski definition) is 3. The molecule has 2 rings (SSSR count). The molecule has 0 spiro atoms. The van der Waals surface area contributed by atoms with Gasteiger partial charge in [0.25, 0.3) is 0 Å². The molecule has 1 aliphatic heterocycles. The Hall–Kier alpha value is -1.55. The first-order valence-corrected chi connectivity index (χ1v) is 6.78. The number of hydrogen-bond donors (Lipinski definition) is 1. The predicted molar refractivity (Wildman–Crippen MR) is 75.4 cm³/mol. The van der Waals surface area contributed by atoms with Crippen molar-refractivity contribution < 1.29 is 9.53 Å². The molecule has 1 aromatic carbocycles. The van der Waals surface area contributed by atoms with Crippen molar-refractivity contribution in [3.63, 3.8) is 0 Å². The van der Waals surface area contributed by atoms with Gasteiger partial charge in [0.2, 0.25) is 5.91 Å². The van der Waals surface area contributed by atoms with Crippen LogP contribution in [-0.4, -0.2) is 44.1 Å². The van der Waals surface area contributed by atoms with Gasteiger partial charge in [-0.25, -0.2) is 0 Å². The number of likely N-dealkylation sites (tertiary alicyclic amines) is 1. The van der Waals surface area contributed by atoms with Crippen LogP contribution in [0.2, 0.25) is 0 Å². The Labute approximate surface area is 114 Å². The van der Waals surface area contributed by atoms with E-state index >= 15 is 0 Å². The van der Waals surface area contributed by atoms with Gasteiger partial charge in [-0.3, -0.25) is 4.79 Å². The van der Waals surface area contributed by atoms with E-state index in [1.54, 1.807) is 7.11 Å². The summed E-state index contributed by atoms with van der Waals surface area (Å²) in [5, 5.41) is 3.12. The summed E-state index contributed by atoms with van der Waals surface area (Å²) in [4.78, 5) is 14.3. The third kappa shape index (κ3) is 4.24. The van der Waals surface area contributed by atoms with Crippen LogP contribution >= 0.6 is 0 Å². The summed E-state index contributed by atoms with van der Waals surface area (Å²) in [6.07, 6.45) is 2.53. The Morgan fingerprint density at radius 3 is 2.53 bits per heavy atom. The molecule has 4 heteroatoms. The average molecular weight is 262 g/mol. The molecule has 0 unspecified atom stereocenters. The Morgan fingerprint density at radius 2 is 1.95 bits per heavy atom. The van der Waals surface area contributed by atoms with Crippen LogP contribution in [0.3, 0.4) is 0 Å². The smallest absolute Gasteiger partial charge is 0.224 e. The van der Waals surface area contributed by atoms with Gasteiger partial charge in [-0.05, 0) is 50.7 Å². The van der Waals surface area contributed by atoms with E-state index in [2.05, 4.69) is 17.3 Å². The van der Waals surface area contributed by atoms with Crippen LogP contribution in [0.1, 0.15) is 18.4 Å². The van der Waals surface area contributed by atoms with Crippen molar-refractivity contribution in [1.82, 2.24) is 10.2 Å². The molecule has 104 valence electrons. The molecule has 1 saturated heterocycles. The maximum Gasteiger partial charge on any atom is 0.224 e. The van der Waals surface area contributed by atoms with E-state index in [0.29, 0.717) is 12.5 Å². The van der Waals surface area contributed by atoms with Crippen molar-refractivity contribution in [3.8, 4) is 5.75 Å². The van der Waals surface area contributed by atoms with E-state index in [0.717, 1.165) is 37.2 Å². The van der Waals surface area contributed by atoms with E-state index in [1.165, 1.54) is 0 Å². The molecule has 19 heavy (non-hydrogen) atoms. The van der Waals surface area contributed by atoms with Crippen LogP contribution in [-0.2, 0) is 11.2 Å². The first kappa shape index (κ1) is 13.9. The Bertz CT molecular complexity index is 409. The van der Waals surface area contributed by atoms with Gasteiger partial charge in [0.15, 0.2) is 0 Å². The number of carbonyl (C=O) groups is 1. The summed E-state index contributed by atoms with van der Waals surface area (Å²) < 4.78 is 5.10. The summed E-state index contributed by atoms with van der Waals surface area (Å²) in [6.45, 7) is 2.13. The minimum absolute atomic E-state index is 0.111. The molecule has 1 aliphatic rings. The summed E-state index contributed by atoms with van der Waals surface area (Å²) in [6, 6.07) is 7.98. The molecule has 0 aliphatic carbocycles. The predicted octanol–water partition coefficient (Wildman–Crippen LogP) is 1.45. The highest BCUT2D eigenvalue weighted by Crippen LogP contribution is 2.12. The summed E-state index contributed by atoms with van der Waals surface area (Å²) in [5.41, 5.74) is 1.02. The Balaban J connectivity index is 1.80. The minimum atomic E-state index is 0.111. The number of amides is 1. The van der Waals surface area contributed by atoms with Crippen molar-refractivity contribution in [2.45, 2.75) is 25.3 Å². The SMILES string of the molecule is COc1ccc(CC(=O)NC2CCN(C)CC2)cc1. The average Bonchev–Trinajstić information content (AvgIpc) is 2.42. The maximum absolute atomic E-state index is 12.0. The molecule has 1 aromatic rings. The fourth-order valence-corrected chi connectivity index (χ4v) is 2.36. The minimum Gasteiger partial charge on any atom is -0.497 e. The van der Waals surface area contributed by atoms with E-state index in [1.807, 2.05) is 24.3 Å². The van der Waals surface area contributed by atoms with E-state index in [4.69, 9.17) is 4.74 Å². The van der Waals surface area contributed by atoms with Gasteiger partial charge in [0.1, 0.15) is 5.75 Å². The van der Waals surface area contributed by atoms with Crippen LogP contribution in [0, 0.1) is 0 Å². The van der Waals surface area contributed by atoms with Gasteiger partial charge >= 0.3 is 0 Å². The first-order chi connectivity index (χ1) is 9.17. The zero-order chi connectivity index (χ0) is 13.7. The highest BCUT2D eigenvalue weighted by atomic mass is 16.5. The molecule has 1 N–H and O–H groups in total. The number of nitrogens with one attached hydrogen (secondary N) is 1. The lowest BCUT2D eigenvalue weighted by Crippen LogP contribution is -2.43. The normalized spacial score (nSPS) is 17.2. The summed E-state index contributed by atoms with van der Waals surface area (Å²) in [7, 11) is 3.76. The molecule has 0 radical (unpaired) electrons. The fraction of sp³-hybridized carbons (Fsp3) is 0.533. The topological polar surface area (TPSA) is 41.6 Å². The molecule has 1 amide bonds. The number of ether oxygens (including phenoxy) is 1. The van der Waals surface area contributed by atoms with Crippen molar-refractivity contribution >= 4 is 5.91 Å². The number of benzene rings is 1. The lowest BCUT2D eigenvalue weighted by molar-refractivity contribution is -0.121. The second-order valence-corrected chi connectivity index (χ2v) is 5.17. The number of piperidine rings is 1. The van der Waals surface area contributed by atoms with Crippen molar-refractivity contribution in [2.24, 2.45) is 0 Å². The van der Waals surface area contributed by atoms with Crippen LogP contribution in [0.5, 0.6) is 5.75 Å². The molecular formula is C15H22N2O2. The second-order valence-electron chi connectivity index (χ2n) is 5.17. The number of rotatable bonds is 4. The lowest BCUT2D eigenvalue weighted by atomic mass is 10.0. The van der Waals surface area contributed by atoms with Gasteiger partial charge in [0.05, 0.1) is 13.5 Å². The fourth-order valence-electron chi connectivity index (χ4n) is 2.36. The zero-order valence-electron chi connectivity index (χ0n) is 11.7. The molecule has 0 saturated carbocycles. The molecule has 4 nitrogen and oxygen atoms in total. The highest BCUT2D eigenvalue weighted by molar-refractivity contribution is 5.78.